The highest BCUT2D eigenvalue weighted by Crippen LogP contribution is 2.13. The number of rotatable bonds is 14. The van der Waals surface area contributed by atoms with E-state index in [2.05, 4.69) is 5.32 Å². The van der Waals surface area contributed by atoms with Crippen LogP contribution in [0.2, 0.25) is 0 Å². The maximum atomic E-state index is 10.9. The molecule has 0 aliphatic heterocycles. The van der Waals surface area contributed by atoms with Gasteiger partial charge in [-0.25, -0.2) is 0 Å². The van der Waals surface area contributed by atoms with Crippen molar-refractivity contribution in [1.29, 1.82) is 0 Å². The van der Waals surface area contributed by atoms with Crippen molar-refractivity contribution in [3.63, 3.8) is 0 Å². The van der Waals surface area contributed by atoms with Crippen molar-refractivity contribution in [2.45, 2.75) is 4.90 Å². The molecular formula is C15H25NO7S. The second-order valence-electron chi connectivity index (χ2n) is 4.76. The van der Waals surface area contributed by atoms with E-state index in [1.54, 1.807) is 19.2 Å². The topological polar surface area (TPSA) is 103 Å². The lowest BCUT2D eigenvalue weighted by atomic mass is 10.3. The zero-order valence-electron chi connectivity index (χ0n) is 13.8. The number of hydrogen-bond donors (Lipinski definition) is 2. The lowest BCUT2D eigenvalue weighted by Gasteiger charge is -2.08. The molecule has 0 aliphatic rings. The van der Waals surface area contributed by atoms with Gasteiger partial charge in [0.1, 0.15) is 0 Å². The number of methoxy groups -OCH3 is 1. The molecule has 8 nitrogen and oxygen atoms in total. The zero-order valence-corrected chi connectivity index (χ0v) is 14.6. The lowest BCUT2D eigenvalue weighted by molar-refractivity contribution is 0.00495. The van der Waals surface area contributed by atoms with Gasteiger partial charge < -0.3 is 24.3 Å². The predicted molar refractivity (Wildman–Crippen MR) is 89.1 cm³/mol. The van der Waals surface area contributed by atoms with Crippen molar-refractivity contribution in [2.75, 3.05) is 65.2 Å². The van der Waals surface area contributed by atoms with Gasteiger partial charge in [-0.1, -0.05) is 0 Å². The van der Waals surface area contributed by atoms with Crippen molar-refractivity contribution in [3.05, 3.63) is 24.3 Å². The highest BCUT2D eigenvalue weighted by Gasteiger charge is 2.07. The molecule has 0 saturated heterocycles. The van der Waals surface area contributed by atoms with Gasteiger partial charge in [-0.05, 0) is 24.3 Å². The Labute approximate surface area is 142 Å². The average Bonchev–Trinajstić information content (AvgIpc) is 2.55. The molecule has 0 amide bonds. The molecule has 0 aliphatic carbocycles. The van der Waals surface area contributed by atoms with E-state index < -0.39 is 10.1 Å². The summed E-state index contributed by atoms with van der Waals surface area (Å²) in [4.78, 5) is -0.132. The number of hydrogen-bond acceptors (Lipinski definition) is 7. The Morgan fingerprint density at radius 3 is 1.88 bits per heavy atom. The largest absolute Gasteiger partial charge is 0.383 e. The summed E-state index contributed by atoms with van der Waals surface area (Å²) in [5.41, 5.74) is 0.746. The maximum absolute atomic E-state index is 10.9. The fourth-order valence-corrected chi connectivity index (χ4v) is 2.18. The van der Waals surface area contributed by atoms with Gasteiger partial charge in [0, 0.05) is 19.3 Å². The first-order valence-corrected chi connectivity index (χ1v) is 9.01. The Hall–Kier alpha value is -1.23. The quantitative estimate of drug-likeness (QED) is 0.373. The van der Waals surface area contributed by atoms with Gasteiger partial charge in [0.05, 0.1) is 51.1 Å². The molecule has 0 unspecified atom stereocenters. The van der Waals surface area contributed by atoms with Crippen LogP contribution in [0.1, 0.15) is 0 Å². The molecule has 0 radical (unpaired) electrons. The van der Waals surface area contributed by atoms with E-state index in [0.717, 1.165) is 5.69 Å². The van der Waals surface area contributed by atoms with Gasteiger partial charge in [0.2, 0.25) is 0 Å². The van der Waals surface area contributed by atoms with Crippen LogP contribution in [0.4, 0.5) is 5.69 Å². The minimum absolute atomic E-state index is 0.132. The van der Waals surface area contributed by atoms with Gasteiger partial charge in [-0.3, -0.25) is 4.55 Å². The summed E-state index contributed by atoms with van der Waals surface area (Å²) in [7, 11) is -2.52. The number of anilines is 1. The van der Waals surface area contributed by atoms with Crippen LogP contribution in [0.15, 0.2) is 29.2 Å². The van der Waals surface area contributed by atoms with E-state index >= 15 is 0 Å². The smallest absolute Gasteiger partial charge is 0.294 e. The first-order chi connectivity index (χ1) is 11.5. The monoisotopic (exact) mass is 363 g/mol. The first kappa shape index (κ1) is 20.8. The van der Waals surface area contributed by atoms with Crippen LogP contribution in [-0.2, 0) is 29.1 Å². The molecule has 2 N–H and O–H groups in total. The van der Waals surface area contributed by atoms with Crippen LogP contribution in [0.25, 0.3) is 0 Å². The lowest BCUT2D eigenvalue weighted by Crippen LogP contribution is -2.14. The highest BCUT2D eigenvalue weighted by molar-refractivity contribution is 7.85. The molecule has 0 bridgehead atoms. The SMILES string of the molecule is COCCOCCOCCOCCNc1ccc(S(=O)(=O)O)cc1. The number of ether oxygens (including phenoxy) is 4. The van der Waals surface area contributed by atoms with Crippen molar-refractivity contribution in [1.82, 2.24) is 0 Å². The van der Waals surface area contributed by atoms with E-state index in [0.29, 0.717) is 52.8 Å². The summed E-state index contributed by atoms with van der Waals surface area (Å²) >= 11 is 0. The molecule has 24 heavy (non-hydrogen) atoms. The average molecular weight is 363 g/mol. The Bertz CT molecular complexity index is 533. The van der Waals surface area contributed by atoms with Crippen LogP contribution in [0.5, 0.6) is 0 Å². The highest BCUT2D eigenvalue weighted by atomic mass is 32.2. The Morgan fingerprint density at radius 1 is 0.875 bits per heavy atom. The minimum Gasteiger partial charge on any atom is -0.383 e. The van der Waals surface area contributed by atoms with Crippen LogP contribution in [-0.4, -0.2) is 72.9 Å². The minimum atomic E-state index is -4.15. The summed E-state index contributed by atoms with van der Waals surface area (Å²) in [6, 6.07) is 5.83. The molecule has 9 heteroatoms. The second-order valence-corrected chi connectivity index (χ2v) is 6.18. The second kappa shape index (κ2) is 12.2. The van der Waals surface area contributed by atoms with Crippen molar-refractivity contribution >= 4 is 15.8 Å². The van der Waals surface area contributed by atoms with Crippen LogP contribution in [0.3, 0.4) is 0 Å². The van der Waals surface area contributed by atoms with E-state index in [1.165, 1.54) is 12.1 Å². The molecule has 138 valence electrons. The van der Waals surface area contributed by atoms with E-state index in [-0.39, 0.29) is 4.90 Å². The molecule has 1 rings (SSSR count). The standard InChI is InChI=1S/C15H25NO7S/c1-20-8-9-22-12-13-23-11-10-21-7-6-16-14-2-4-15(5-3-14)24(17,18)19/h2-5,16H,6-13H2,1H3,(H,17,18,19). The predicted octanol–water partition coefficient (Wildman–Crippen LogP) is 1.04. The third-order valence-corrected chi connectivity index (χ3v) is 3.77. The molecule has 1 aromatic carbocycles. The van der Waals surface area contributed by atoms with Gasteiger partial charge in [0.25, 0.3) is 10.1 Å². The number of benzene rings is 1. The first-order valence-electron chi connectivity index (χ1n) is 7.57. The Balaban J connectivity index is 1.97. The normalized spacial score (nSPS) is 11.6. The summed E-state index contributed by atoms with van der Waals surface area (Å²) in [6.45, 7) is 4.25. The molecule has 0 heterocycles. The summed E-state index contributed by atoms with van der Waals surface area (Å²) in [6.07, 6.45) is 0. The van der Waals surface area contributed by atoms with E-state index in [9.17, 15) is 8.42 Å². The van der Waals surface area contributed by atoms with Gasteiger partial charge in [-0.15, -0.1) is 0 Å². The molecule has 0 fully saturated rings. The maximum Gasteiger partial charge on any atom is 0.294 e. The summed E-state index contributed by atoms with van der Waals surface area (Å²) in [5, 5.41) is 3.08. The van der Waals surface area contributed by atoms with Gasteiger partial charge >= 0.3 is 0 Å². The molecule has 1 aromatic rings. The molecule has 0 aromatic heterocycles. The Morgan fingerprint density at radius 2 is 1.38 bits per heavy atom. The molecule has 0 saturated carbocycles. The van der Waals surface area contributed by atoms with Crippen LogP contribution >= 0.6 is 0 Å². The van der Waals surface area contributed by atoms with Crippen molar-refractivity contribution < 1.29 is 31.9 Å². The summed E-state index contributed by atoms with van der Waals surface area (Å²) < 4.78 is 51.5. The zero-order chi connectivity index (χ0) is 17.7. The van der Waals surface area contributed by atoms with Crippen LogP contribution in [0, 0.1) is 0 Å². The Kier molecular flexibility index (Phi) is 10.6. The van der Waals surface area contributed by atoms with Gasteiger partial charge in [-0.2, -0.15) is 8.42 Å². The van der Waals surface area contributed by atoms with E-state index in [4.69, 9.17) is 23.5 Å². The van der Waals surface area contributed by atoms with Crippen molar-refractivity contribution in [3.8, 4) is 0 Å². The molecular weight excluding hydrogens is 338 g/mol. The third-order valence-electron chi connectivity index (χ3n) is 2.90. The van der Waals surface area contributed by atoms with Crippen molar-refractivity contribution in [2.24, 2.45) is 0 Å². The van der Waals surface area contributed by atoms with Crippen LogP contribution < -0.4 is 5.32 Å². The molecule has 0 atom stereocenters. The fourth-order valence-electron chi connectivity index (χ4n) is 1.70. The summed E-state index contributed by atoms with van der Waals surface area (Å²) in [5.74, 6) is 0. The van der Waals surface area contributed by atoms with E-state index in [1.807, 2.05) is 0 Å². The number of nitrogens with one attached hydrogen (secondary N) is 1. The third kappa shape index (κ3) is 9.81. The van der Waals surface area contributed by atoms with Gasteiger partial charge in [0.15, 0.2) is 0 Å². The fraction of sp³-hybridized carbons (Fsp3) is 0.600. The molecule has 0 spiro atoms.